The number of aryl methyl sites for hydroxylation is 1. The summed E-state index contributed by atoms with van der Waals surface area (Å²) < 4.78 is 37.3. The van der Waals surface area contributed by atoms with Crippen molar-refractivity contribution >= 4 is 33.5 Å². The average Bonchev–Trinajstić information content (AvgIpc) is 3.19. The van der Waals surface area contributed by atoms with Gasteiger partial charge < -0.3 is 28.4 Å². The fourth-order valence-corrected chi connectivity index (χ4v) is 6.44. The minimum atomic E-state index is -0.543. The molecule has 0 aliphatic heterocycles. The largest absolute Gasteiger partial charge is 0.488 e. The first-order valence-electron chi connectivity index (χ1n) is 21.2. The first-order chi connectivity index (χ1) is 26.4. The molecule has 302 valence electrons. The molecule has 3 aromatic carbocycles. The topological polar surface area (TPSA) is 89.5 Å². The molecule has 0 aromatic heterocycles. The summed E-state index contributed by atoms with van der Waals surface area (Å²) in [7, 11) is 0. The lowest BCUT2D eigenvalue weighted by atomic mass is 9.98. The van der Waals surface area contributed by atoms with Gasteiger partial charge >= 0.3 is 11.9 Å². The second-order valence-electron chi connectivity index (χ2n) is 14.5. The van der Waals surface area contributed by atoms with Crippen molar-refractivity contribution in [2.75, 3.05) is 39.6 Å². The van der Waals surface area contributed by atoms with E-state index in [2.05, 4.69) is 52.8 Å². The molecule has 0 aliphatic rings. The summed E-state index contributed by atoms with van der Waals surface area (Å²) in [5, 5.41) is 3.59. The molecule has 0 amide bonds. The molecule has 0 saturated heterocycles. The summed E-state index contributed by atoms with van der Waals surface area (Å²) in [6.07, 6.45) is 15.4. The number of rotatable bonds is 31. The molecule has 2 unspecified atom stereocenters. The minimum Gasteiger partial charge on any atom is -0.488 e. The second-order valence-corrected chi connectivity index (χ2v) is 14.5. The van der Waals surface area contributed by atoms with Gasteiger partial charge in [0.1, 0.15) is 24.7 Å². The third-order valence-electron chi connectivity index (χ3n) is 9.68. The molecule has 54 heavy (non-hydrogen) atoms. The lowest BCUT2D eigenvalue weighted by Crippen LogP contribution is -2.30. The van der Waals surface area contributed by atoms with Gasteiger partial charge in [-0.2, -0.15) is 0 Å². The molecule has 0 saturated carbocycles. The van der Waals surface area contributed by atoms with Gasteiger partial charge in [0, 0.05) is 47.6 Å². The number of carbonyl (C=O) groups is 2. The third-order valence-corrected chi connectivity index (χ3v) is 9.68. The first kappa shape index (κ1) is 45.0. The Bertz CT molecular complexity index is 1490. The van der Waals surface area contributed by atoms with Crippen LogP contribution < -0.4 is 9.47 Å². The number of fused-ring (bicyclic) bond motifs is 2. The molecule has 3 rings (SSSR count). The molecule has 0 heterocycles. The van der Waals surface area contributed by atoms with Crippen molar-refractivity contribution in [3.8, 4) is 11.5 Å². The van der Waals surface area contributed by atoms with E-state index in [9.17, 15) is 9.59 Å². The van der Waals surface area contributed by atoms with Crippen LogP contribution in [0, 0.1) is 0 Å². The van der Waals surface area contributed by atoms with E-state index in [1.54, 1.807) is 0 Å². The monoisotopic (exact) mass is 751 g/mol. The molecule has 0 spiro atoms. The quantitative estimate of drug-likeness (QED) is 0.0365. The van der Waals surface area contributed by atoms with Gasteiger partial charge in [-0.05, 0) is 43.7 Å². The van der Waals surface area contributed by atoms with Crippen molar-refractivity contribution < 1.29 is 38.0 Å². The number of ether oxygens (including phenoxy) is 6. The van der Waals surface area contributed by atoms with Crippen LogP contribution in [0.4, 0.5) is 0 Å². The van der Waals surface area contributed by atoms with Crippen molar-refractivity contribution in [2.45, 2.75) is 156 Å². The van der Waals surface area contributed by atoms with Crippen LogP contribution in [0.2, 0.25) is 0 Å². The Morgan fingerprint density at radius 1 is 0.500 bits per heavy atom. The maximum Gasteiger partial charge on any atom is 0.306 e. The van der Waals surface area contributed by atoms with Gasteiger partial charge in [-0.15, -0.1) is 0 Å². The zero-order valence-corrected chi connectivity index (χ0v) is 34.2. The van der Waals surface area contributed by atoms with Crippen LogP contribution in [0.25, 0.3) is 21.5 Å². The molecule has 0 bridgehead atoms. The Morgan fingerprint density at radius 3 is 1.41 bits per heavy atom. The molecule has 0 radical (unpaired) electrons. The van der Waals surface area contributed by atoms with Gasteiger partial charge in [0.15, 0.2) is 12.2 Å². The minimum absolute atomic E-state index is 0.161. The Hall–Kier alpha value is -3.36. The Morgan fingerprint density at radius 2 is 0.944 bits per heavy atom. The van der Waals surface area contributed by atoms with Crippen LogP contribution in [0.1, 0.15) is 143 Å². The summed E-state index contributed by atoms with van der Waals surface area (Å²) in [4.78, 5) is 25.5. The number of hydrogen-bond donors (Lipinski definition) is 0. The van der Waals surface area contributed by atoms with Crippen molar-refractivity contribution in [2.24, 2.45) is 0 Å². The molecule has 8 heteroatoms. The van der Waals surface area contributed by atoms with Crippen LogP contribution >= 0.6 is 0 Å². The maximum atomic E-state index is 12.8. The highest BCUT2D eigenvalue weighted by atomic mass is 16.6. The van der Waals surface area contributed by atoms with Crippen LogP contribution in [0.5, 0.6) is 11.5 Å². The van der Waals surface area contributed by atoms with Crippen LogP contribution in [-0.2, 0) is 35.0 Å². The fraction of sp³-hybridized carbons (Fsp3) is 0.652. The zero-order chi connectivity index (χ0) is 38.8. The summed E-state index contributed by atoms with van der Waals surface area (Å²) in [5.74, 6) is 0.965. The second kappa shape index (κ2) is 27.3. The normalized spacial score (nSPS) is 12.5. The lowest BCUT2D eigenvalue weighted by molar-refractivity contribution is -0.155. The highest BCUT2D eigenvalue weighted by molar-refractivity contribution is 6.11. The van der Waals surface area contributed by atoms with Crippen LogP contribution in [-0.4, -0.2) is 63.8 Å². The molecule has 0 aliphatic carbocycles. The van der Waals surface area contributed by atoms with Crippen LogP contribution in [0.3, 0.4) is 0 Å². The SMILES string of the molecule is CCCCCCCOCC(COc1c2ccccc2c(OCC(COCCCCCCC)OC(=O)CCCC)c2cc(CC)ccc12)OC(=O)CCCC. The Labute approximate surface area is 325 Å². The lowest BCUT2D eigenvalue weighted by Gasteiger charge is -2.23. The average molecular weight is 751 g/mol. The Balaban J connectivity index is 1.87. The smallest absolute Gasteiger partial charge is 0.306 e. The van der Waals surface area contributed by atoms with E-state index < -0.39 is 12.2 Å². The maximum absolute atomic E-state index is 12.8. The highest BCUT2D eigenvalue weighted by Crippen LogP contribution is 2.43. The van der Waals surface area contributed by atoms with Gasteiger partial charge in [-0.25, -0.2) is 0 Å². The highest BCUT2D eigenvalue weighted by Gasteiger charge is 2.22. The predicted molar refractivity (Wildman–Crippen MR) is 220 cm³/mol. The summed E-state index contributed by atoms with van der Waals surface area (Å²) in [6, 6.07) is 14.4. The Kier molecular flexibility index (Phi) is 22.7. The third kappa shape index (κ3) is 16.2. The van der Waals surface area contributed by atoms with Gasteiger partial charge in [0.2, 0.25) is 0 Å². The molecule has 0 N–H and O–H groups in total. The number of esters is 2. The first-order valence-corrected chi connectivity index (χ1v) is 21.2. The fourth-order valence-electron chi connectivity index (χ4n) is 6.44. The standard InChI is InChI=1S/C46H70O8/c1-6-11-15-17-21-29-49-32-37(53-43(47)25-13-8-3)34-51-45-39-23-19-20-24-40(39)46(42-31-36(10-5)27-28-41(42)45)52-35-38(54-44(48)26-14-9-4)33-50-30-22-18-16-12-7-2/h19-20,23-24,27-28,31,37-38H,6-18,21-22,25-26,29-30,32-35H2,1-5H3. The van der Waals surface area contributed by atoms with Crippen molar-refractivity contribution in [1.82, 2.24) is 0 Å². The molecule has 8 nitrogen and oxygen atoms in total. The van der Waals surface area contributed by atoms with E-state index in [0.29, 0.717) is 37.6 Å². The predicted octanol–water partition coefficient (Wildman–Crippen LogP) is 11.5. The molecular formula is C46H70O8. The van der Waals surface area contributed by atoms with Crippen molar-refractivity contribution in [3.05, 3.63) is 48.0 Å². The van der Waals surface area contributed by atoms with Gasteiger partial charge in [-0.1, -0.05) is 135 Å². The number of benzene rings is 3. The zero-order valence-electron chi connectivity index (χ0n) is 34.2. The summed E-state index contributed by atoms with van der Waals surface area (Å²) >= 11 is 0. The molecule has 3 aromatic rings. The number of carbonyl (C=O) groups excluding carboxylic acids is 2. The summed E-state index contributed by atoms with van der Waals surface area (Å²) in [5.41, 5.74) is 1.16. The van der Waals surface area contributed by atoms with Crippen molar-refractivity contribution in [1.29, 1.82) is 0 Å². The van der Waals surface area contributed by atoms with Gasteiger partial charge in [0.05, 0.1) is 13.2 Å². The summed E-state index contributed by atoms with van der Waals surface area (Å²) in [6.45, 7) is 12.8. The van der Waals surface area contributed by atoms with E-state index in [-0.39, 0.29) is 38.4 Å². The molecular weight excluding hydrogens is 680 g/mol. The van der Waals surface area contributed by atoms with E-state index in [1.165, 1.54) is 38.5 Å². The van der Waals surface area contributed by atoms with Crippen molar-refractivity contribution in [3.63, 3.8) is 0 Å². The molecule has 2 atom stereocenters. The van der Waals surface area contributed by atoms with Gasteiger partial charge in [0.25, 0.3) is 0 Å². The van der Waals surface area contributed by atoms with E-state index >= 15 is 0 Å². The molecule has 0 fully saturated rings. The van der Waals surface area contributed by atoms with E-state index in [1.807, 2.05) is 24.3 Å². The van der Waals surface area contributed by atoms with Gasteiger partial charge in [-0.3, -0.25) is 9.59 Å². The van der Waals surface area contributed by atoms with E-state index in [0.717, 1.165) is 84.9 Å². The van der Waals surface area contributed by atoms with Crippen LogP contribution in [0.15, 0.2) is 42.5 Å². The van der Waals surface area contributed by atoms with E-state index in [4.69, 9.17) is 28.4 Å². The number of hydrogen-bond acceptors (Lipinski definition) is 8. The number of unbranched alkanes of at least 4 members (excludes halogenated alkanes) is 10.